The van der Waals surface area contributed by atoms with Crippen molar-refractivity contribution in [2.75, 3.05) is 5.12 Å². The third-order valence-electron chi connectivity index (χ3n) is 3.75. The zero-order valence-electron chi connectivity index (χ0n) is 13.6. The fraction of sp³-hybridized carbons (Fsp3) is 0.0556. The lowest BCUT2D eigenvalue weighted by Gasteiger charge is -2.18. The number of carboxylic acid groups (broad SMARTS) is 1. The molecule has 2 aromatic heterocycles. The molecule has 0 amide bonds. The molecule has 0 radical (unpaired) electrons. The van der Waals surface area contributed by atoms with Gasteiger partial charge in [-0.1, -0.05) is 26.5 Å². The average molecular weight is 436 g/mol. The van der Waals surface area contributed by atoms with Crippen molar-refractivity contribution in [1.29, 1.82) is 0 Å². The molecule has 1 N–H and O–H groups in total. The summed E-state index contributed by atoms with van der Waals surface area (Å²) in [6.07, 6.45) is 3.90. The van der Waals surface area contributed by atoms with E-state index < -0.39 is 28.6 Å². The van der Waals surface area contributed by atoms with E-state index in [1.165, 1.54) is 36.7 Å². The lowest BCUT2D eigenvalue weighted by atomic mass is 10.2. The minimum atomic E-state index is -1.57. The molecule has 0 aliphatic heterocycles. The van der Waals surface area contributed by atoms with Crippen LogP contribution in [0.4, 0.5) is 20.2 Å². The Balaban J connectivity index is 2.11. The first-order valence-corrected chi connectivity index (χ1v) is 8.44. The van der Waals surface area contributed by atoms with Crippen LogP contribution in [-0.4, -0.2) is 20.6 Å². The van der Waals surface area contributed by atoms with E-state index in [2.05, 4.69) is 20.9 Å². The van der Waals surface area contributed by atoms with E-state index in [1.54, 1.807) is 12.1 Å². The highest BCUT2D eigenvalue weighted by molar-refractivity contribution is 9.10. The van der Waals surface area contributed by atoms with Crippen LogP contribution in [0.15, 0.2) is 64.3 Å². The molecule has 0 unspecified atom stereocenters. The first-order valence-electron chi connectivity index (χ1n) is 7.65. The Morgan fingerprint density at radius 3 is 2.56 bits per heavy atom. The maximum Gasteiger partial charge on any atom is 0.339 e. The number of carbonyl (C=O) groups is 1. The monoisotopic (exact) mass is 435 g/mol. The van der Waals surface area contributed by atoms with Gasteiger partial charge in [-0.3, -0.25) is 9.78 Å². The van der Waals surface area contributed by atoms with Crippen LogP contribution in [0.2, 0.25) is 0 Å². The molecule has 0 bridgehead atoms. The van der Waals surface area contributed by atoms with Crippen molar-refractivity contribution in [3.8, 4) is 0 Å². The molecule has 0 spiro atoms. The molecule has 6 nitrogen and oxygen atoms in total. The van der Waals surface area contributed by atoms with Crippen LogP contribution < -0.4 is 10.7 Å². The van der Waals surface area contributed by atoms with Gasteiger partial charge < -0.3 is 9.67 Å². The summed E-state index contributed by atoms with van der Waals surface area (Å²) in [5.74, 6) is -3.06. The fourth-order valence-corrected chi connectivity index (χ4v) is 2.74. The number of nitrogens with zero attached hydrogens (tertiary/aromatic N) is 3. The van der Waals surface area contributed by atoms with E-state index in [0.29, 0.717) is 10.0 Å². The zero-order valence-corrected chi connectivity index (χ0v) is 15.2. The second-order valence-electron chi connectivity index (χ2n) is 5.56. The summed E-state index contributed by atoms with van der Waals surface area (Å²) in [5, 5.41) is 9.26. The Morgan fingerprint density at radius 2 is 1.96 bits per heavy atom. The molecule has 0 fully saturated rings. The lowest BCUT2D eigenvalue weighted by Crippen LogP contribution is -2.28. The number of benzene rings is 1. The molecule has 0 aliphatic carbocycles. The third kappa shape index (κ3) is 3.87. The van der Waals surface area contributed by atoms with Crippen molar-refractivity contribution < 1.29 is 18.8 Å². The van der Waals surface area contributed by atoms with Crippen molar-refractivity contribution in [2.45, 2.75) is 6.54 Å². The molecule has 2 heterocycles. The number of rotatable bonds is 5. The number of carboxylic acids is 1. The van der Waals surface area contributed by atoms with Gasteiger partial charge in [-0.2, -0.15) is 9.51 Å². The minimum absolute atomic E-state index is 0.102. The van der Waals surface area contributed by atoms with E-state index in [9.17, 15) is 23.6 Å². The Hall–Kier alpha value is -3.07. The first kappa shape index (κ1) is 18.7. The molecule has 138 valence electrons. The van der Waals surface area contributed by atoms with Gasteiger partial charge >= 0.3 is 5.97 Å². The summed E-state index contributed by atoms with van der Waals surface area (Å²) < 4.78 is 31.0. The molecule has 0 saturated heterocycles. The van der Waals surface area contributed by atoms with E-state index in [4.69, 9.17) is 0 Å². The highest BCUT2D eigenvalue weighted by atomic mass is 79.9. The van der Waals surface area contributed by atoms with Crippen LogP contribution >= 0.6 is 15.9 Å². The normalized spacial score (nSPS) is 10.6. The van der Waals surface area contributed by atoms with E-state index in [0.717, 1.165) is 10.8 Å². The maximum absolute atomic E-state index is 14.8. The van der Waals surface area contributed by atoms with Crippen molar-refractivity contribution in [3.63, 3.8) is 0 Å². The van der Waals surface area contributed by atoms with Crippen LogP contribution in [0.5, 0.6) is 0 Å². The molecule has 3 aromatic rings. The maximum atomic E-state index is 14.8. The summed E-state index contributed by atoms with van der Waals surface area (Å²) in [6, 6.07) is 8.91. The highest BCUT2D eigenvalue weighted by Crippen LogP contribution is 2.31. The van der Waals surface area contributed by atoms with Gasteiger partial charge in [0.05, 0.1) is 12.2 Å². The lowest BCUT2D eigenvalue weighted by molar-refractivity contribution is 0.0695. The number of anilines is 2. The summed E-state index contributed by atoms with van der Waals surface area (Å²) in [6.45, 7) is -0.102. The van der Waals surface area contributed by atoms with Crippen molar-refractivity contribution in [1.82, 2.24) is 9.55 Å². The number of hydrogen-bond acceptors (Lipinski definition) is 4. The van der Waals surface area contributed by atoms with E-state index in [-0.39, 0.29) is 17.4 Å². The Morgan fingerprint density at radius 1 is 1.26 bits per heavy atom. The topological polar surface area (TPSA) is 75.4 Å². The predicted molar refractivity (Wildman–Crippen MR) is 98.3 cm³/mol. The second-order valence-corrected chi connectivity index (χ2v) is 6.48. The largest absolute Gasteiger partial charge is 0.478 e. The number of pyridine rings is 2. The van der Waals surface area contributed by atoms with Gasteiger partial charge in [0, 0.05) is 23.1 Å². The number of hydrogen-bond donors (Lipinski definition) is 1. The molecular weight excluding hydrogens is 424 g/mol. The van der Waals surface area contributed by atoms with E-state index >= 15 is 0 Å². The number of aromatic carboxylic acids is 1. The van der Waals surface area contributed by atoms with Gasteiger partial charge in [0.2, 0.25) is 5.82 Å². The predicted octanol–water partition coefficient (Wildman–Crippen LogP) is 3.91. The van der Waals surface area contributed by atoms with Gasteiger partial charge in [-0.05, 0) is 35.9 Å². The Kier molecular flexibility index (Phi) is 5.31. The van der Waals surface area contributed by atoms with Crippen molar-refractivity contribution in [2.24, 2.45) is 0 Å². The Bertz CT molecular complexity index is 1040. The van der Waals surface area contributed by atoms with Crippen LogP contribution in [0.1, 0.15) is 15.9 Å². The summed E-state index contributed by atoms with van der Waals surface area (Å²) in [5.41, 5.74) is -2.32. The van der Waals surface area contributed by atoms with Crippen LogP contribution in [-0.2, 0) is 6.54 Å². The number of aromatic nitrogens is 2. The molecule has 27 heavy (non-hydrogen) atoms. The van der Waals surface area contributed by atoms with E-state index in [1.807, 2.05) is 0 Å². The summed E-state index contributed by atoms with van der Waals surface area (Å²) in [4.78, 5) is 27.8. The standard InChI is InChI=1S/C18H12BrF2N3O3/c19-12-3-5-13(6-4-12)24(21)16-14(18(26)27)10-23(17(25)15(16)20)9-11-2-1-7-22-8-11/h1-8,10H,9H2,(H,26,27). The molecule has 0 atom stereocenters. The number of halogens is 3. The van der Waals surface area contributed by atoms with Gasteiger partial charge in [-0.15, -0.1) is 0 Å². The molecule has 9 heteroatoms. The fourth-order valence-electron chi connectivity index (χ4n) is 2.48. The second kappa shape index (κ2) is 7.67. The molecule has 1 aromatic carbocycles. The minimum Gasteiger partial charge on any atom is -0.478 e. The van der Waals surface area contributed by atoms with Crippen molar-refractivity contribution in [3.05, 3.63) is 86.8 Å². The van der Waals surface area contributed by atoms with Crippen LogP contribution in [0.25, 0.3) is 0 Å². The highest BCUT2D eigenvalue weighted by Gasteiger charge is 2.26. The van der Waals surface area contributed by atoms with Gasteiger partial charge in [0.25, 0.3) is 5.56 Å². The average Bonchev–Trinajstić information content (AvgIpc) is 2.66. The van der Waals surface area contributed by atoms with Crippen LogP contribution in [0.3, 0.4) is 0 Å². The third-order valence-corrected chi connectivity index (χ3v) is 4.28. The smallest absolute Gasteiger partial charge is 0.339 e. The summed E-state index contributed by atoms with van der Waals surface area (Å²) >= 11 is 3.19. The first-order chi connectivity index (χ1) is 12.9. The van der Waals surface area contributed by atoms with Crippen molar-refractivity contribution >= 4 is 33.3 Å². The van der Waals surface area contributed by atoms with Crippen LogP contribution in [0, 0.1) is 5.82 Å². The van der Waals surface area contributed by atoms with Gasteiger partial charge in [-0.25, -0.2) is 4.79 Å². The zero-order chi connectivity index (χ0) is 19.6. The quantitative estimate of drug-likeness (QED) is 0.614. The Labute approximate surface area is 160 Å². The molecular formula is C18H12BrF2N3O3. The molecule has 0 saturated carbocycles. The summed E-state index contributed by atoms with van der Waals surface area (Å²) in [7, 11) is 0. The van der Waals surface area contributed by atoms with Gasteiger partial charge in [0.1, 0.15) is 11.3 Å². The molecule has 3 rings (SSSR count). The molecule has 0 aliphatic rings. The van der Waals surface area contributed by atoms with Gasteiger partial charge in [0.15, 0.2) is 0 Å². The SMILES string of the molecule is O=C(O)c1cn(Cc2cccnc2)c(=O)c(F)c1N(F)c1ccc(Br)cc1.